The molecular weight excluding hydrogens is 364 g/mol. The number of aliphatic hydroxyl groups is 2. The molecule has 4 aliphatic carbocycles. The van der Waals surface area contributed by atoms with E-state index in [1.807, 2.05) is 6.08 Å². The number of carbonyl (C=O) groups excluding carboxylic acids is 1. The average molecular weight is 405 g/mol. The highest BCUT2D eigenvalue weighted by atomic mass is 16.5. The van der Waals surface area contributed by atoms with Gasteiger partial charge in [-0.3, -0.25) is 0 Å². The zero-order valence-electron chi connectivity index (χ0n) is 18.6. The van der Waals surface area contributed by atoms with Crippen molar-refractivity contribution in [3.8, 4) is 0 Å². The van der Waals surface area contributed by atoms with Gasteiger partial charge in [0.15, 0.2) is 0 Å². The highest BCUT2D eigenvalue weighted by Crippen LogP contribution is 2.68. The van der Waals surface area contributed by atoms with Gasteiger partial charge in [-0.2, -0.15) is 0 Å². The molecule has 4 aliphatic rings. The third-order valence-corrected chi connectivity index (χ3v) is 10.1. The maximum Gasteiger partial charge on any atom is 0.330 e. The van der Waals surface area contributed by atoms with Crippen molar-refractivity contribution in [2.24, 2.45) is 46.3 Å². The lowest BCUT2D eigenvalue weighted by Crippen LogP contribution is -2.58. The fourth-order valence-corrected chi connectivity index (χ4v) is 8.54. The molecule has 2 N–H and O–H groups in total. The summed E-state index contributed by atoms with van der Waals surface area (Å²) in [5, 5.41) is 21.5. The first-order chi connectivity index (χ1) is 13.7. The van der Waals surface area contributed by atoms with Gasteiger partial charge in [0.2, 0.25) is 0 Å². The molecule has 4 rings (SSSR count). The predicted molar refractivity (Wildman–Crippen MR) is 113 cm³/mol. The molecule has 0 heterocycles. The highest BCUT2D eigenvalue weighted by Gasteiger charge is 2.62. The molecule has 10 unspecified atom stereocenters. The average Bonchev–Trinajstić information content (AvgIpc) is 3.04. The van der Waals surface area contributed by atoms with Gasteiger partial charge >= 0.3 is 5.97 Å². The van der Waals surface area contributed by atoms with E-state index in [1.165, 1.54) is 32.8 Å². The van der Waals surface area contributed by atoms with Crippen LogP contribution in [0.4, 0.5) is 0 Å². The molecule has 4 heteroatoms. The molecule has 0 amide bonds. The number of fused-ring (bicyclic) bond motifs is 5. The van der Waals surface area contributed by atoms with E-state index in [4.69, 9.17) is 4.74 Å². The van der Waals surface area contributed by atoms with Crippen LogP contribution in [0.25, 0.3) is 0 Å². The first kappa shape index (κ1) is 21.4. The molecule has 0 bridgehead atoms. The topological polar surface area (TPSA) is 66.8 Å². The molecule has 0 radical (unpaired) electrons. The lowest BCUT2D eigenvalue weighted by molar-refractivity contribution is -0.173. The Morgan fingerprint density at radius 2 is 1.72 bits per heavy atom. The number of carbonyl (C=O) groups is 1. The van der Waals surface area contributed by atoms with Crippen LogP contribution in [0.3, 0.4) is 0 Å². The maximum atomic E-state index is 11.6. The zero-order valence-corrected chi connectivity index (χ0v) is 18.6. The van der Waals surface area contributed by atoms with Crippen LogP contribution in [0.5, 0.6) is 0 Å². The molecular formula is C25H40O4. The standard InChI is InChI=1S/C25H40O4/c1-15(5-8-22(28)29-4)18-6-7-19-23-20(10-12-25(18,19)3)24(2)11-9-17(26)13-16(24)14-21(23)27/h5,8,15-21,23,26-27H,6-7,9-14H2,1-4H3. The summed E-state index contributed by atoms with van der Waals surface area (Å²) in [5.41, 5.74) is 0.512. The normalized spacial score (nSPS) is 50.5. The van der Waals surface area contributed by atoms with E-state index >= 15 is 0 Å². The summed E-state index contributed by atoms with van der Waals surface area (Å²) in [6, 6.07) is 0. The van der Waals surface area contributed by atoms with Gasteiger partial charge in [-0.15, -0.1) is 0 Å². The van der Waals surface area contributed by atoms with E-state index in [1.54, 1.807) is 6.08 Å². The van der Waals surface area contributed by atoms with Crippen molar-refractivity contribution in [2.75, 3.05) is 7.11 Å². The number of rotatable bonds is 3. The van der Waals surface area contributed by atoms with Crippen LogP contribution < -0.4 is 0 Å². The Kier molecular flexibility index (Phi) is 5.65. The number of aliphatic hydroxyl groups excluding tert-OH is 2. The van der Waals surface area contributed by atoms with Crippen molar-refractivity contribution in [2.45, 2.75) is 84.3 Å². The van der Waals surface area contributed by atoms with Gasteiger partial charge in [0, 0.05) is 6.08 Å². The minimum atomic E-state index is -0.276. The summed E-state index contributed by atoms with van der Waals surface area (Å²) < 4.78 is 4.77. The van der Waals surface area contributed by atoms with Crippen molar-refractivity contribution in [3.05, 3.63) is 12.2 Å². The quantitative estimate of drug-likeness (QED) is 0.542. The Hall–Kier alpha value is -0.870. The summed E-state index contributed by atoms with van der Waals surface area (Å²) in [6.07, 6.45) is 11.8. The van der Waals surface area contributed by atoms with Gasteiger partial charge in [-0.25, -0.2) is 4.79 Å². The number of hydrogen-bond acceptors (Lipinski definition) is 4. The summed E-state index contributed by atoms with van der Waals surface area (Å²) in [4.78, 5) is 11.6. The van der Waals surface area contributed by atoms with Crippen LogP contribution >= 0.6 is 0 Å². The van der Waals surface area contributed by atoms with Crippen molar-refractivity contribution < 1.29 is 19.7 Å². The minimum Gasteiger partial charge on any atom is -0.466 e. The molecule has 0 saturated heterocycles. The number of esters is 1. The summed E-state index contributed by atoms with van der Waals surface area (Å²) in [6.45, 7) is 7.16. The Balaban J connectivity index is 1.56. The lowest BCUT2D eigenvalue weighted by Gasteiger charge is -2.62. The number of methoxy groups -OCH3 is 1. The van der Waals surface area contributed by atoms with Crippen LogP contribution in [0.1, 0.15) is 72.1 Å². The Labute approximate surface area is 176 Å². The van der Waals surface area contributed by atoms with Crippen molar-refractivity contribution in [1.29, 1.82) is 0 Å². The smallest absolute Gasteiger partial charge is 0.330 e. The van der Waals surface area contributed by atoms with Gasteiger partial charge in [-0.1, -0.05) is 26.8 Å². The number of hydrogen-bond donors (Lipinski definition) is 2. The van der Waals surface area contributed by atoms with Gasteiger partial charge in [0.05, 0.1) is 19.3 Å². The molecule has 10 atom stereocenters. The third-order valence-electron chi connectivity index (χ3n) is 10.1. The fourth-order valence-electron chi connectivity index (χ4n) is 8.54. The first-order valence-corrected chi connectivity index (χ1v) is 11.8. The van der Waals surface area contributed by atoms with Crippen LogP contribution in [0.15, 0.2) is 12.2 Å². The van der Waals surface area contributed by atoms with E-state index < -0.39 is 0 Å². The fraction of sp³-hybridized carbons (Fsp3) is 0.880. The molecule has 0 aromatic heterocycles. The second-order valence-corrected chi connectivity index (χ2v) is 11.2. The van der Waals surface area contributed by atoms with Crippen LogP contribution in [0, 0.1) is 46.3 Å². The van der Waals surface area contributed by atoms with E-state index in [0.717, 1.165) is 25.7 Å². The molecule has 164 valence electrons. The van der Waals surface area contributed by atoms with Crippen LogP contribution in [-0.4, -0.2) is 35.5 Å². The Morgan fingerprint density at radius 1 is 1.03 bits per heavy atom. The zero-order chi connectivity index (χ0) is 21.0. The molecule has 29 heavy (non-hydrogen) atoms. The Morgan fingerprint density at radius 3 is 2.45 bits per heavy atom. The van der Waals surface area contributed by atoms with Gasteiger partial charge < -0.3 is 14.9 Å². The molecule has 0 aliphatic heterocycles. The van der Waals surface area contributed by atoms with Crippen molar-refractivity contribution in [3.63, 3.8) is 0 Å². The first-order valence-electron chi connectivity index (χ1n) is 11.8. The molecule has 0 aromatic carbocycles. The SMILES string of the molecule is COC(=O)C=CC(C)C1CCC2C3C(O)CC4CC(O)CCC4(C)C3CCC12C. The molecule has 4 fully saturated rings. The predicted octanol–water partition coefficient (Wildman–Crippen LogP) is 4.34. The highest BCUT2D eigenvalue weighted by molar-refractivity contribution is 5.81. The summed E-state index contributed by atoms with van der Waals surface area (Å²) in [7, 11) is 1.42. The van der Waals surface area contributed by atoms with E-state index in [2.05, 4.69) is 20.8 Å². The Bertz CT molecular complexity index is 659. The van der Waals surface area contributed by atoms with E-state index in [0.29, 0.717) is 35.5 Å². The molecule has 4 nitrogen and oxygen atoms in total. The summed E-state index contributed by atoms with van der Waals surface area (Å²) in [5.74, 6) is 2.63. The van der Waals surface area contributed by atoms with Gasteiger partial charge in [0.1, 0.15) is 0 Å². The second-order valence-electron chi connectivity index (χ2n) is 11.2. The third kappa shape index (κ3) is 3.39. The van der Waals surface area contributed by atoms with E-state index in [9.17, 15) is 15.0 Å². The van der Waals surface area contributed by atoms with Crippen molar-refractivity contribution in [1.82, 2.24) is 0 Å². The minimum absolute atomic E-state index is 0.177. The largest absolute Gasteiger partial charge is 0.466 e. The maximum absolute atomic E-state index is 11.6. The second kappa shape index (κ2) is 7.67. The molecule has 0 aromatic rings. The summed E-state index contributed by atoms with van der Waals surface area (Å²) >= 11 is 0. The molecule has 0 spiro atoms. The van der Waals surface area contributed by atoms with Crippen LogP contribution in [0.2, 0.25) is 0 Å². The van der Waals surface area contributed by atoms with Crippen LogP contribution in [-0.2, 0) is 9.53 Å². The van der Waals surface area contributed by atoms with Gasteiger partial charge in [0.25, 0.3) is 0 Å². The van der Waals surface area contributed by atoms with Crippen molar-refractivity contribution >= 4 is 5.97 Å². The molecule has 4 saturated carbocycles. The number of allylic oxidation sites excluding steroid dienone is 1. The lowest BCUT2D eigenvalue weighted by atomic mass is 9.43. The number of ether oxygens (including phenoxy) is 1. The monoisotopic (exact) mass is 404 g/mol. The van der Waals surface area contributed by atoms with Gasteiger partial charge in [-0.05, 0) is 97.7 Å². The van der Waals surface area contributed by atoms with E-state index in [-0.39, 0.29) is 29.0 Å².